The Labute approximate surface area is 216 Å². The molecule has 1 aromatic carbocycles. The predicted molar refractivity (Wildman–Crippen MR) is 149 cm³/mol. The van der Waals surface area contributed by atoms with Crippen LogP contribution >= 0.6 is 11.3 Å². The summed E-state index contributed by atoms with van der Waals surface area (Å²) in [6, 6.07) is 12.5. The van der Waals surface area contributed by atoms with Crippen molar-refractivity contribution in [3.8, 4) is 0 Å². The predicted octanol–water partition coefficient (Wildman–Crippen LogP) is 8.23. The van der Waals surface area contributed by atoms with Crippen molar-refractivity contribution in [2.24, 2.45) is 0 Å². The first-order valence-corrected chi connectivity index (χ1v) is 21.7. The second kappa shape index (κ2) is 12.8. The summed E-state index contributed by atoms with van der Waals surface area (Å²) in [5.74, 6) is 0. The number of benzene rings is 1. The summed E-state index contributed by atoms with van der Waals surface area (Å²) in [4.78, 5) is 16.5. The molecule has 0 radical (unpaired) electrons. The van der Waals surface area contributed by atoms with Gasteiger partial charge in [-0.25, -0.2) is 0 Å². The van der Waals surface area contributed by atoms with Crippen LogP contribution in [0.25, 0.3) is 0 Å². The summed E-state index contributed by atoms with van der Waals surface area (Å²) < 4.78 is 12.0. The summed E-state index contributed by atoms with van der Waals surface area (Å²) in [6.07, 6.45) is 7.86. The number of nitrogens with zero attached hydrogens (tertiary/aromatic N) is 1. The molecular formula is C29H45NO2SSn. The van der Waals surface area contributed by atoms with Crippen molar-refractivity contribution in [2.75, 3.05) is 6.54 Å². The van der Waals surface area contributed by atoms with Gasteiger partial charge >= 0.3 is 217 Å². The van der Waals surface area contributed by atoms with E-state index in [0.29, 0.717) is 13.2 Å². The molecule has 0 spiro atoms. The summed E-state index contributed by atoms with van der Waals surface area (Å²) in [5, 5.41) is 0. The molecule has 5 heteroatoms. The fourth-order valence-corrected chi connectivity index (χ4v) is 25.9. The number of ether oxygens (including phenoxy) is 1. The van der Waals surface area contributed by atoms with Crippen molar-refractivity contribution in [1.29, 1.82) is 0 Å². The Kier molecular flexibility index (Phi) is 10.4. The molecule has 0 aliphatic carbocycles. The Morgan fingerprint density at radius 1 is 1.00 bits per heavy atom. The molecule has 1 aromatic heterocycles. The van der Waals surface area contributed by atoms with Crippen LogP contribution < -0.4 is 2.89 Å². The van der Waals surface area contributed by atoms with Crippen LogP contribution in [0.4, 0.5) is 4.79 Å². The van der Waals surface area contributed by atoms with Gasteiger partial charge in [0.2, 0.25) is 0 Å². The number of thiophene rings is 1. The molecule has 2 aromatic rings. The van der Waals surface area contributed by atoms with Gasteiger partial charge in [-0.1, -0.05) is 0 Å². The first kappa shape index (κ1) is 27.6. The van der Waals surface area contributed by atoms with E-state index in [0.717, 1.165) is 12.1 Å². The van der Waals surface area contributed by atoms with Crippen LogP contribution in [0.3, 0.4) is 0 Å². The number of fused-ring (bicyclic) bond motifs is 1. The zero-order valence-corrected chi connectivity index (χ0v) is 25.8. The Balaban J connectivity index is 1.84. The number of hydrogen-bond donors (Lipinski definition) is 0. The molecule has 0 atom stereocenters. The second-order valence-electron chi connectivity index (χ2n) is 10.8. The van der Waals surface area contributed by atoms with Crippen molar-refractivity contribution in [3.05, 3.63) is 52.4 Å². The fourth-order valence-electron chi connectivity index (χ4n) is 5.42. The van der Waals surface area contributed by atoms with Gasteiger partial charge in [-0.05, 0) is 0 Å². The summed E-state index contributed by atoms with van der Waals surface area (Å²) in [6.45, 7) is 13.4. The van der Waals surface area contributed by atoms with Gasteiger partial charge in [0.15, 0.2) is 0 Å². The normalized spacial score (nSPS) is 15.3. The van der Waals surface area contributed by atoms with E-state index in [1.165, 1.54) is 62.3 Å². The first-order valence-electron chi connectivity index (χ1n) is 13.4. The zero-order chi connectivity index (χ0) is 24.6. The van der Waals surface area contributed by atoms with Crippen molar-refractivity contribution < 1.29 is 9.53 Å². The van der Waals surface area contributed by atoms with Gasteiger partial charge in [0.05, 0.1) is 0 Å². The van der Waals surface area contributed by atoms with Gasteiger partial charge in [-0.15, -0.1) is 0 Å². The molecule has 2 heterocycles. The van der Waals surface area contributed by atoms with Crippen LogP contribution in [0.1, 0.15) is 89.1 Å². The van der Waals surface area contributed by atoms with E-state index in [-0.39, 0.29) is 11.5 Å². The second-order valence-corrected chi connectivity index (χ2v) is 26.0. The van der Waals surface area contributed by atoms with Crippen LogP contribution in [0.15, 0.2) is 36.4 Å². The minimum absolute atomic E-state index is 0.0276. The van der Waals surface area contributed by atoms with Crippen LogP contribution in [0.5, 0.6) is 0 Å². The molecule has 0 unspecified atom stereocenters. The molecule has 1 amide bonds. The maximum absolute atomic E-state index is 13.0. The summed E-state index contributed by atoms with van der Waals surface area (Å²) in [5.41, 5.74) is 2.39. The maximum atomic E-state index is 13.0. The van der Waals surface area contributed by atoms with E-state index in [2.05, 4.69) is 52.0 Å². The van der Waals surface area contributed by atoms with E-state index in [4.69, 9.17) is 4.74 Å². The number of rotatable bonds is 12. The molecule has 1 aliphatic rings. The van der Waals surface area contributed by atoms with Gasteiger partial charge in [0.25, 0.3) is 0 Å². The van der Waals surface area contributed by atoms with E-state index in [1.54, 1.807) is 2.89 Å². The molecule has 1 aliphatic heterocycles. The molecule has 188 valence electrons. The van der Waals surface area contributed by atoms with Gasteiger partial charge < -0.3 is 0 Å². The summed E-state index contributed by atoms with van der Waals surface area (Å²) >= 11 is -0.334. The molecule has 0 saturated carbocycles. The topological polar surface area (TPSA) is 29.5 Å². The molecule has 0 N–H and O–H groups in total. The van der Waals surface area contributed by atoms with Crippen molar-refractivity contribution in [1.82, 2.24) is 4.90 Å². The molecule has 0 saturated heterocycles. The minimum atomic E-state index is -2.47. The number of amides is 1. The molecule has 3 rings (SSSR count). The quantitative estimate of drug-likeness (QED) is 0.233. The van der Waals surface area contributed by atoms with Crippen molar-refractivity contribution in [2.45, 2.75) is 105 Å². The number of hydrogen-bond acceptors (Lipinski definition) is 3. The average molecular weight is 590 g/mol. The molecule has 0 bridgehead atoms. The van der Waals surface area contributed by atoms with Crippen LogP contribution in [0.2, 0.25) is 13.3 Å². The van der Waals surface area contributed by atoms with E-state index in [9.17, 15) is 4.79 Å². The van der Waals surface area contributed by atoms with E-state index in [1.807, 2.05) is 35.2 Å². The third-order valence-corrected chi connectivity index (χ3v) is 27.1. The molecule has 0 fully saturated rings. The third kappa shape index (κ3) is 6.81. The average Bonchev–Trinajstić information content (AvgIpc) is 3.29. The van der Waals surface area contributed by atoms with Gasteiger partial charge in [0, 0.05) is 0 Å². The molecule has 34 heavy (non-hydrogen) atoms. The van der Waals surface area contributed by atoms with Crippen LogP contribution in [-0.2, 0) is 23.3 Å². The number of unbranched alkanes of at least 4 members (excludes halogenated alkanes) is 3. The van der Waals surface area contributed by atoms with E-state index >= 15 is 0 Å². The Hall–Kier alpha value is -1.01. The fraction of sp³-hybridized carbons (Fsp3) is 0.621. The Bertz CT molecular complexity index is 886. The Morgan fingerprint density at radius 3 is 2.15 bits per heavy atom. The van der Waals surface area contributed by atoms with Gasteiger partial charge in [-0.3, -0.25) is 0 Å². The van der Waals surface area contributed by atoms with E-state index < -0.39 is 18.4 Å². The zero-order valence-electron chi connectivity index (χ0n) is 22.1. The third-order valence-electron chi connectivity index (χ3n) is 7.38. The first-order chi connectivity index (χ1) is 16.3. The monoisotopic (exact) mass is 591 g/mol. The van der Waals surface area contributed by atoms with Crippen molar-refractivity contribution >= 4 is 38.7 Å². The summed E-state index contributed by atoms with van der Waals surface area (Å²) in [7, 11) is 0. The number of carbonyl (C=O) groups excluding carboxylic acids is 1. The molecule has 3 nitrogen and oxygen atoms in total. The number of carbonyl (C=O) groups is 1. The van der Waals surface area contributed by atoms with Gasteiger partial charge in [-0.2, -0.15) is 0 Å². The van der Waals surface area contributed by atoms with Crippen LogP contribution in [-0.4, -0.2) is 35.9 Å². The van der Waals surface area contributed by atoms with Crippen molar-refractivity contribution in [3.63, 3.8) is 0 Å². The molecular weight excluding hydrogens is 545 g/mol. The SMILES string of the molecule is CCC[CH2][Sn]([CH2]CCC)([CH2]CCC)[c]1cc2c(s1)C(C)(C)CN(C(=O)OCc1ccccc1)C2. The standard InChI is InChI=1S/C17H18NO2S.3C4H9.Sn/c1-17(2)12-18(10-14-8-9-21-15(14)17)16(19)20-11-13-6-4-3-5-7-13;3*1-3-4-2;/h3-8H,10-12H2,1-2H3;3*1,3-4H2,2H3;. The van der Waals surface area contributed by atoms with Crippen LogP contribution in [0, 0.1) is 0 Å². The van der Waals surface area contributed by atoms with Gasteiger partial charge in [0.1, 0.15) is 0 Å². The Morgan fingerprint density at radius 2 is 1.59 bits per heavy atom.